The van der Waals surface area contributed by atoms with Crippen LogP contribution in [0.25, 0.3) is 0 Å². The van der Waals surface area contributed by atoms with E-state index in [4.69, 9.17) is 4.74 Å². The number of nitrogens with one attached hydrogen (secondary N) is 1. The average molecular weight is 242 g/mol. The Morgan fingerprint density at radius 1 is 1.47 bits per heavy atom. The summed E-state index contributed by atoms with van der Waals surface area (Å²) in [5, 5.41) is 12.8. The molecule has 0 aliphatic carbocycles. The molecular formula is C12H22N2O3. The number of piperidine rings is 2. The second-order valence-corrected chi connectivity index (χ2v) is 5.88. The van der Waals surface area contributed by atoms with Crippen LogP contribution in [0.5, 0.6) is 0 Å². The van der Waals surface area contributed by atoms with Gasteiger partial charge in [0.05, 0.1) is 12.6 Å². The van der Waals surface area contributed by atoms with Crippen molar-refractivity contribution in [2.75, 3.05) is 13.2 Å². The Balaban J connectivity index is 2.10. The molecular weight excluding hydrogens is 220 g/mol. The van der Waals surface area contributed by atoms with Crippen molar-refractivity contribution in [2.45, 2.75) is 57.3 Å². The molecule has 3 fully saturated rings. The molecule has 2 bridgehead atoms. The van der Waals surface area contributed by atoms with Crippen molar-refractivity contribution >= 4 is 6.09 Å². The highest BCUT2D eigenvalue weighted by atomic mass is 16.6. The van der Waals surface area contributed by atoms with Crippen LogP contribution in [0, 0.1) is 0 Å². The zero-order chi connectivity index (χ0) is 12.6. The maximum atomic E-state index is 12.1. The van der Waals surface area contributed by atoms with Crippen LogP contribution < -0.4 is 5.32 Å². The summed E-state index contributed by atoms with van der Waals surface area (Å²) in [6.45, 7) is 6.38. The first-order valence-corrected chi connectivity index (χ1v) is 6.28. The molecule has 0 spiro atoms. The van der Waals surface area contributed by atoms with Crippen LogP contribution >= 0.6 is 0 Å². The maximum absolute atomic E-state index is 12.1. The highest BCUT2D eigenvalue weighted by Crippen LogP contribution is 2.29. The van der Waals surface area contributed by atoms with E-state index in [1.54, 1.807) is 4.90 Å². The van der Waals surface area contributed by atoms with E-state index >= 15 is 0 Å². The number of aliphatic hydroxyl groups is 1. The summed E-state index contributed by atoms with van der Waals surface area (Å²) < 4.78 is 5.41. The molecule has 3 rings (SSSR count). The average Bonchev–Trinajstić information content (AvgIpc) is 2.26. The van der Waals surface area contributed by atoms with E-state index in [0.717, 1.165) is 19.4 Å². The van der Waals surface area contributed by atoms with E-state index in [-0.39, 0.29) is 30.8 Å². The zero-order valence-corrected chi connectivity index (χ0v) is 10.8. The van der Waals surface area contributed by atoms with Crippen molar-refractivity contribution in [1.82, 2.24) is 10.2 Å². The van der Waals surface area contributed by atoms with Gasteiger partial charge in [-0.15, -0.1) is 0 Å². The summed E-state index contributed by atoms with van der Waals surface area (Å²) in [6, 6.07) is 0.224. The Labute approximate surface area is 102 Å². The third-order valence-corrected chi connectivity index (χ3v) is 3.43. The lowest BCUT2D eigenvalue weighted by atomic mass is 9.87. The van der Waals surface area contributed by atoms with E-state index < -0.39 is 5.60 Å². The van der Waals surface area contributed by atoms with E-state index in [9.17, 15) is 9.90 Å². The van der Waals surface area contributed by atoms with Gasteiger partial charge in [0.1, 0.15) is 5.60 Å². The topological polar surface area (TPSA) is 61.8 Å². The van der Waals surface area contributed by atoms with Gasteiger partial charge < -0.3 is 15.2 Å². The summed E-state index contributed by atoms with van der Waals surface area (Å²) in [6.07, 6.45) is 1.72. The number of rotatable bonds is 1. The molecule has 3 saturated heterocycles. The van der Waals surface area contributed by atoms with Gasteiger partial charge in [0.2, 0.25) is 0 Å². The maximum Gasteiger partial charge on any atom is 0.410 e. The minimum absolute atomic E-state index is 0.00654. The standard InChI is InChI=1S/C12H22N2O3/c1-12(2,3)17-11(16)14-8-4-5-9(13-6-8)10(14)7-15/h8-10,13,15H,4-7H2,1-3H3. The normalized spacial score (nSPS) is 32.7. The molecule has 0 aromatic carbocycles. The first-order valence-electron chi connectivity index (χ1n) is 6.28. The first-order chi connectivity index (χ1) is 7.92. The number of nitrogens with zero attached hydrogens (tertiary/aromatic N) is 1. The minimum Gasteiger partial charge on any atom is -0.444 e. The lowest BCUT2D eigenvalue weighted by Gasteiger charge is -2.51. The molecule has 5 nitrogen and oxygen atoms in total. The summed E-state index contributed by atoms with van der Waals surface area (Å²) in [5.41, 5.74) is -0.485. The largest absolute Gasteiger partial charge is 0.444 e. The third-order valence-electron chi connectivity index (χ3n) is 3.43. The van der Waals surface area contributed by atoms with Crippen LogP contribution in [-0.4, -0.2) is 53.0 Å². The summed E-state index contributed by atoms with van der Waals surface area (Å²) in [5.74, 6) is 0. The quantitative estimate of drug-likeness (QED) is 0.711. The molecule has 3 atom stereocenters. The molecule has 3 aliphatic heterocycles. The molecule has 98 valence electrons. The second-order valence-electron chi connectivity index (χ2n) is 5.88. The molecule has 1 amide bonds. The molecule has 3 unspecified atom stereocenters. The Morgan fingerprint density at radius 3 is 2.65 bits per heavy atom. The van der Waals surface area contributed by atoms with Gasteiger partial charge in [-0.3, -0.25) is 4.90 Å². The predicted octanol–water partition coefficient (Wildman–Crippen LogP) is 0.719. The minimum atomic E-state index is -0.485. The van der Waals surface area contributed by atoms with Gasteiger partial charge in [-0.2, -0.15) is 0 Å². The van der Waals surface area contributed by atoms with Gasteiger partial charge in [-0.05, 0) is 33.6 Å². The van der Waals surface area contributed by atoms with Crippen LogP contribution in [-0.2, 0) is 4.74 Å². The van der Waals surface area contributed by atoms with Gasteiger partial charge in [-0.25, -0.2) is 4.79 Å². The predicted molar refractivity (Wildman–Crippen MR) is 63.8 cm³/mol. The van der Waals surface area contributed by atoms with Crippen LogP contribution in [0.3, 0.4) is 0 Å². The Morgan fingerprint density at radius 2 is 2.18 bits per heavy atom. The monoisotopic (exact) mass is 242 g/mol. The van der Waals surface area contributed by atoms with Crippen LogP contribution in [0.2, 0.25) is 0 Å². The molecule has 0 aromatic rings. The van der Waals surface area contributed by atoms with E-state index in [2.05, 4.69) is 5.32 Å². The molecule has 0 radical (unpaired) electrons. The number of piperazine rings is 1. The van der Waals surface area contributed by atoms with Gasteiger partial charge in [0.15, 0.2) is 0 Å². The van der Waals surface area contributed by atoms with Crippen molar-refractivity contribution in [3.63, 3.8) is 0 Å². The fourth-order valence-electron chi connectivity index (χ4n) is 2.71. The fourth-order valence-corrected chi connectivity index (χ4v) is 2.71. The number of fused-ring (bicyclic) bond motifs is 3. The van der Waals surface area contributed by atoms with E-state index in [0.29, 0.717) is 0 Å². The molecule has 5 heteroatoms. The zero-order valence-electron chi connectivity index (χ0n) is 10.8. The highest BCUT2D eigenvalue weighted by molar-refractivity contribution is 5.69. The summed E-state index contributed by atoms with van der Waals surface area (Å²) in [7, 11) is 0. The van der Waals surface area contributed by atoms with Gasteiger partial charge in [0.25, 0.3) is 0 Å². The first kappa shape index (κ1) is 12.6. The molecule has 17 heavy (non-hydrogen) atoms. The van der Waals surface area contributed by atoms with Gasteiger partial charge >= 0.3 is 6.09 Å². The fraction of sp³-hybridized carbons (Fsp3) is 0.917. The van der Waals surface area contributed by atoms with Crippen molar-refractivity contribution < 1.29 is 14.6 Å². The van der Waals surface area contributed by atoms with Crippen molar-refractivity contribution in [3.8, 4) is 0 Å². The van der Waals surface area contributed by atoms with Crippen LogP contribution in [0.4, 0.5) is 4.79 Å². The van der Waals surface area contributed by atoms with Crippen LogP contribution in [0.1, 0.15) is 33.6 Å². The van der Waals surface area contributed by atoms with Crippen LogP contribution in [0.15, 0.2) is 0 Å². The SMILES string of the molecule is CC(C)(C)OC(=O)N1C2CCC(NC2)C1CO. The molecule has 3 aliphatic rings. The Hall–Kier alpha value is -0.810. The van der Waals surface area contributed by atoms with E-state index in [1.807, 2.05) is 20.8 Å². The molecule has 0 saturated carbocycles. The third kappa shape index (κ3) is 2.55. The smallest absolute Gasteiger partial charge is 0.410 e. The summed E-state index contributed by atoms with van der Waals surface area (Å²) >= 11 is 0. The molecule has 2 N–H and O–H groups in total. The van der Waals surface area contributed by atoms with Crippen molar-refractivity contribution in [3.05, 3.63) is 0 Å². The van der Waals surface area contributed by atoms with Crippen molar-refractivity contribution in [1.29, 1.82) is 0 Å². The number of hydrogen-bond donors (Lipinski definition) is 2. The molecule has 3 heterocycles. The van der Waals surface area contributed by atoms with Crippen molar-refractivity contribution in [2.24, 2.45) is 0 Å². The van der Waals surface area contributed by atoms with Gasteiger partial charge in [-0.1, -0.05) is 0 Å². The Kier molecular flexibility index (Phi) is 3.32. The Bertz CT molecular complexity index is 293. The number of carbonyl (C=O) groups excluding carboxylic acids is 1. The molecule has 0 aromatic heterocycles. The lowest BCUT2D eigenvalue weighted by Crippen LogP contribution is -2.69. The second kappa shape index (κ2) is 4.46. The number of ether oxygens (including phenoxy) is 1. The van der Waals surface area contributed by atoms with E-state index in [1.165, 1.54) is 0 Å². The lowest BCUT2D eigenvalue weighted by molar-refractivity contribution is -0.0401. The van der Waals surface area contributed by atoms with Gasteiger partial charge in [0, 0.05) is 18.6 Å². The number of amides is 1. The highest BCUT2D eigenvalue weighted by Gasteiger charge is 2.45. The number of hydrogen-bond acceptors (Lipinski definition) is 4. The number of carbonyl (C=O) groups is 1. The number of aliphatic hydroxyl groups excluding tert-OH is 1. The summed E-state index contributed by atoms with van der Waals surface area (Å²) in [4.78, 5) is 13.9.